The van der Waals surface area contributed by atoms with Gasteiger partial charge in [-0.3, -0.25) is 4.55 Å². The van der Waals surface area contributed by atoms with Crippen LogP contribution in [0.1, 0.15) is 58.4 Å². The third kappa shape index (κ3) is 3.64. The van der Waals surface area contributed by atoms with Crippen LogP contribution in [0.25, 0.3) is 0 Å². The second-order valence-corrected chi connectivity index (χ2v) is 9.01. The lowest BCUT2D eigenvalue weighted by molar-refractivity contribution is -0.161. The molecule has 1 aliphatic rings. The van der Waals surface area contributed by atoms with Crippen molar-refractivity contribution in [3.63, 3.8) is 0 Å². The molecule has 134 valence electrons. The molecule has 1 N–H and O–H groups in total. The largest absolute Gasteiger partial charge is 0.458 e. The third-order valence-electron chi connectivity index (χ3n) is 4.49. The highest BCUT2D eigenvalue weighted by Gasteiger charge is 2.59. The van der Waals surface area contributed by atoms with Crippen molar-refractivity contribution in [3.8, 4) is 0 Å². The van der Waals surface area contributed by atoms with E-state index < -0.39 is 32.4 Å². The predicted octanol–water partition coefficient (Wildman–Crippen LogP) is 3.69. The lowest BCUT2D eigenvalue weighted by Crippen LogP contribution is -2.52. The van der Waals surface area contributed by atoms with Crippen LogP contribution in [0.3, 0.4) is 0 Å². The number of rotatable bonds is 4. The number of hydrogen-bond donors (Lipinski definition) is 1. The van der Waals surface area contributed by atoms with Gasteiger partial charge >= 0.3 is 5.97 Å². The molecular formula is C18H26O5S. The van der Waals surface area contributed by atoms with Crippen LogP contribution in [0, 0.1) is 5.92 Å². The lowest BCUT2D eigenvalue weighted by Gasteiger charge is -2.39. The maximum atomic E-state index is 13.1. The van der Waals surface area contributed by atoms with Crippen molar-refractivity contribution in [2.45, 2.75) is 63.2 Å². The predicted molar refractivity (Wildman–Crippen MR) is 92.1 cm³/mol. The van der Waals surface area contributed by atoms with Crippen LogP contribution in [-0.2, 0) is 24.4 Å². The van der Waals surface area contributed by atoms with Gasteiger partial charge in [0.25, 0.3) is 10.1 Å². The van der Waals surface area contributed by atoms with Gasteiger partial charge in [-0.05, 0) is 45.1 Å². The van der Waals surface area contributed by atoms with Crippen LogP contribution >= 0.6 is 0 Å². The first-order valence-corrected chi connectivity index (χ1v) is 9.79. The van der Waals surface area contributed by atoms with Gasteiger partial charge in [0.05, 0.1) is 0 Å². The van der Waals surface area contributed by atoms with Gasteiger partial charge in [0.15, 0.2) is 0 Å². The van der Waals surface area contributed by atoms with Crippen LogP contribution in [0.15, 0.2) is 30.3 Å². The molecule has 0 aliphatic heterocycles. The molecular weight excluding hydrogens is 328 g/mol. The molecule has 0 saturated heterocycles. The van der Waals surface area contributed by atoms with Gasteiger partial charge in [-0.2, -0.15) is 8.42 Å². The van der Waals surface area contributed by atoms with E-state index in [1.54, 1.807) is 51.1 Å². The van der Waals surface area contributed by atoms with E-state index in [-0.39, 0.29) is 5.56 Å². The summed E-state index contributed by atoms with van der Waals surface area (Å²) in [6.45, 7) is 5.06. The van der Waals surface area contributed by atoms with Crippen LogP contribution in [0.4, 0.5) is 0 Å². The molecule has 1 unspecified atom stereocenters. The summed E-state index contributed by atoms with van der Waals surface area (Å²) >= 11 is 0. The zero-order valence-corrected chi connectivity index (χ0v) is 15.3. The Bertz CT molecular complexity index is 669. The second kappa shape index (κ2) is 6.84. The van der Waals surface area contributed by atoms with E-state index in [0.29, 0.717) is 12.8 Å². The Balaban J connectivity index is 2.67. The van der Waals surface area contributed by atoms with Crippen molar-refractivity contribution in [3.05, 3.63) is 35.9 Å². The topological polar surface area (TPSA) is 80.7 Å². The minimum atomic E-state index is -4.73. The Morgan fingerprint density at radius 2 is 1.62 bits per heavy atom. The molecule has 6 heteroatoms. The van der Waals surface area contributed by atoms with E-state index in [1.165, 1.54) is 0 Å². The van der Waals surface area contributed by atoms with Crippen molar-refractivity contribution in [2.75, 3.05) is 0 Å². The third-order valence-corrected chi connectivity index (χ3v) is 6.04. The highest BCUT2D eigenvalue weighted by atomic mass is 32.2. The van der Waals surface area contributed by atoms with E-state index in [9.17, 15) is 17.8 Å². The van der Waals surface area contributed by atoms with E-state index in [0.717, 1.165) is 19.3 Å². The number of ether oxygens (including phenoxy) is 1. The summed E-state index contributed by atoms with van der Waals surface area (Å²) in [4.78, 5) is 13.1. The average Bonchev–Trinajstić information content (AvgIpc) is 2.47. The van der Waals surface area contributed by atoms with Gasteiger partial charge in [-0.1, -0.05) is 49.6 Å². The van der Waals surface area contributed by atoms with Crippen molar-refractivity contribution in [1.29, 1.82) is 0 Å². The SMILES string of the molecule is CC(C)(C)OC(=O)C(c1ccccc1)(C1CCCCC1)S(=O)(=O)O. The highest BCUT2D eigenvalue weighted by Crippen LogP contribution is 2.46. The van der Waals surface area contributed by atoms with Gasteiger partial charge in [-0.15, -0.1) is 0 Å². The van der Waals surface area contributed by atoms with Gasteiger partial charge < -0.3 is 4.74 Å². The summed E-state index contributed by atoms with van der Waals surface area (Å²) in [7, 11) is -4.73. The minimum Gasteiger partial charge on any atom is -0.458 e. The Morgan fingerprint density at radius 3 is 2.08 bits per heavy atom. The molecule has 1 saturated carbocycles. The van der Waals surface area contributed by atoms with E-state index in [1.807, 2.05) is 0 Å². The molecule has 0 amide bonds. The Kier molecular flexibility index (Phi) is 5.40. The maximum Gasteiger partial charge on any atom is 0.335 e. The molecule has 0 spiro atoms. The van der Waals surface area contributed by atoms with Gasteiger partial charge in [0.2, 0.25) is 4.75 Å². The molecule has 1 aromatic rings. The van der Waals surface area contributed by atoms with Crippen molar-refractivity contribution in [1.82, 2.24) is 0 Å². The van der Waals surface area contributed by atoms with Crippen LogP contribution in [0.2, 0.25) is 0 Å². The fourth-order valence-corrected chi connectivity index (χ4v) is 4.88. The quantitative estimate of drug-likeness (QED) is 0.659. The summed E-state index contributed by atoms with van der Waals surface area (Å²) in [6.07, 6.45) is 3.79. The Morgan fingerprint density at radius 1 is 1.08 bits per heavy atom. The highest BCUT2D eigenvalue weighted by molar-refractivity contribution is 7.87. The number of hydrogen-bond acceptors (Lipinski definition) is 4. The molecule has 0 radical (unpaired) electrons. The monoisotopic (exact) mass is 354 g/mol. The molecule has 1 aromatic carbocycles. The number of carbonyl (C=O) groups excluding carboxylic acids is 1. The van der Waals surface area contributed by atoms with Gasteiger partial charge in [-0.25, -0.2) is 4.79 Å². The number of benzene rings is 1. The Labute approximate surface area is 144 Å². The van der Waals surface area contributed by atoms with Gasteiger partial charge in [0, 0.05) is 0 Å². The van der Waals surface area contributed by atoms with E-state index >= 15 is 0 Å². The summed E-state index contributed by atoms with van der Waals surface area (Å²) in [6, 6.07) is 8.23. The molecule has 1 fully saturated rings. The molecule has 0 aromatic heterocycles. The van der Waals surface area contributed by atoms with E-state index in [2.05, 4.69) is 0 Å². The van der Waals surface area contributed by atoms with Crippen LogP contribution < -0.4 is 0 Å². The Hall–Kier alpha value is -1.40. The summed E-state index contributed by atoms with van der Waals surface area (Å²) in [5, 5.41) is 0. The molecule has 1 atom stereocenters. The first-order valence-electron chi connectivity index (χ1n) is 8.35. The van der Waals surface area contributed by atoms with E-state index in [4.69, 9.17) is 4.74 Å². The molecule has 1 aliphatic carbocycles. The summed E-state index contributed by atoms with van der Waals surface area (Å²) in [5.41, 5.74) is -0.579. The smallest absolute Gasteiger partial charge is 0.335 e. The fourth-order valence-electron chi connectivity index (χ4n) is 3.53. The lowest BCUT2D eigenvalue weighted by atomic mass is 9.76. The molecule has 0 bridgehead atoms. The zero-order chi connectivity index (χ0) is 18.0. The first-order chi connectivity index (χ1) is 11.1. The van der Waals surface area contributed by atoms with Crippen molar-refractivity contribution >= 4 is 16.1 Å². The molecule has 24 heavy (non-hydrogen) atoms. The minimum absolute atomic E-state index is 0.272. The second-order valence-electron chi connectivity index (χ2n) is 7.41. The summed E-state index contributed by atoms with van der Waals surface area (Å²) in [5.74, 6) is -1.39. The van der Waals surface area contributed by atoms with Crippen LogP contribution in [0.5, 0.6) is 0 Å². The molecule has 5 nitrogen and oxygen atoms in total. The standard InChI is InChI=1S/C18H26O5S/c1-17(2,3)23-16(19)18(24(20,21)22,14-10-6-4-7-11-14)15-12-8-5-9-13-15/h4,6-7,10-11,15H,5,8-9,12-13H2,1-3H3,(H,20,21,22). The average molecular weight is 354 g/mol. The molecule has 2 rings (SSSR count). The van der Waals surface area contributed by atoms with Gasteiger partial charge in [0.1, 0.15) is 5.60 Å². The normalized spacial score (nSPS) is 19.5. The summed E-state index contributed by atoms with van der Waals surface area (Å²) < 4.78 is 38.6. The fraction of sp³-hybridized carbons (Fsp3) is 0.611. The zero-order valence-electron chi connectivity index (χ0n) is 14.5. The maximum absolute atomic E-state index is 13.1. The van der Waals surface area contributed by atoms with Crippen molar-refractivity contribution < 1.29 is 22.5 Å². The number of carbonyl (C=O) groups is 1. The van der Waals surface area contributed by atoms with Crippen molar-refractivity contribution in [2.24, 2.45) is 5.92 Å². The first kappa shape index (κ1) is 18.9. The van der Waals surface area contributed by atoms with Crippen LogP contribution in [-0.4, -0.2) is 24.5 Å². The molecule has 0 heterocycles. The number of esters is 1.